The monoisotopic (exact) mass is 215 g/mol. The first kappa shape index (κ1) is 8.69. The Kier molecular flexibility index (Phi) is 2.31. The smallest absolute Gasteiger partial charge is 0.135 e. The van der Waals surface area contributed by atoms with Crippen molar-refractivity contribution in [3.05, 3.63) is 40.6 Å². The molecule has 5 heteroatoms. The number of hydrogen-bond donors (Lipinski definition) is 2. The maximum absolute atomic E-state index is 5.75. The maximum atomic E-state index is 5.75. The number of nitrogens with one attached hydrogen (secondary N) is 2. The Labute approximate surface area is 85.9 Å². The highest BCUT2D eigenvalue weighted by Gasteiger charge is 2.09. The number of halogens is 2. The summed E-state index contributed by atoms with van der Waals surface area (Å²) in [5, 5.41) is 3.03. The normalized spacial score (nSPS) is 15.5. The van der Waals surface area contributed by atoms with Gasteiger partial charge in [0.05, 0.1) is 11.9 Å². The van der Waals surface area contributed by atoms with E-state index in [1.807, 2.05) is 24.3 Å². The van der Waals surface area contributed by atoms with Crippen molar-refractivity contribution < 1.29 is 0 Å². The molecular weight excluding hydrogens is 209 g/mol. The lowest BCUT2D eigenvalue weighted by Gasteiger charge is -2.14. The highest BCUT2D eigenvalue weighted by Crippen LogP contribution is 2.19. The van der Waals surface area contributed by atoms with Crippen molar-refractivity contribution in [2.75, 3.05) is 5.01 Å². The van der Waals surface area contributed by atoms with Gasteiger partial charge < -0.3 is 0 Å². The first-order chi connectivity index (χ1) is 6.25. The van der Waals surface area contributed by atoms with E-state index in [4.69, 9.17) is 23.2 Å². The Bertz CT molecular complexity index is 334. The summed E-state index contributed by atoms with van der Waals surface area (Å²) in [6.07, 6.45) is 1.74. The number of benzene rings is 1. The van der Waals surface area contributed by atoms with Gasteiger partial charge in [0.15, 0.2) is 0 Å². The third-order valence-corrected chi connectivity index (χ3v) is 2.09. The fourth-order valence-electron chi connectivity index (χ4n) is 1.03. The van der Waals surface area contributed by atoms with Crippen molar-refractivity contribution in [3.8, 4) is 0 Å². The zero-order valence-electron chi connectivity index (χ0n) is 6.59. The maximum Gasteiger partial charge on any atom is 0.135 e. The van der Waals surface area contributed by atoms with Crippen molar-refractivity contribution in [1.82, 2.24) is 11.0 Å². The second-order valence-corrected chi connectivity index (χ2v) is 3.40. The van der Waals surface area contributed by atoms with Crippen LogP contribution in [0.1, 0.15) is 0 Å². The van der Waals surface area contributed by atoms with Crippen LogP contribution in [0.5, 0.6) is 0 Å². The minimum absolute atomic E-state index is 0.551. The fraction of sp³-hybridized carbons (Fsp3) is 0. The third-order valence-electron chi connectivity index (χ3n) is 1.64. The third kappa shape index (κ3) is 1.88. The molecule has 3 nitrogen and oxygen atoms in total. The van der Waals surface area contributed by atoms with Gasteiger partial charge in [0.2, 0.25) is 0 Å². The van der Waals surface area contributed by atoms with E-state index in [1.54, 1.807) is 11.2 Å². The molecule has 0 radical (unpaired) electrons. The molecular formula is C8H7Cl2N3. The molecule has 68 valence electrons. The van der Waals surface area contributed by atoms with Crippen molar-refractivity contribution in [1.29, 1.82) is 0 Å². The highest BCUT2D eigenvalue weighted by molar-refractivity contribution is 6.30. The van der Waals surface area contributed by atoms with E-state index in [1.165, 1.54) is 0 Å². The van der Waals surface area contributed by atoms with Crippen LogP contribution < -0.4 is 16.0 Å². The minimum Gasteiger partial charge on any atom is -0.292 e. The van der Waals surface area contributed by atoms with Crippen LogP contribution in [0, 0.1) is 0 Å². The van der Waals surface area contributed by atoms with Crippen molar-refractivity contribution in [3.63, 3.8) is 0 Å². The Morgan fingerprint density at radius 1 is 1.08 bits per heavy atom. The standard InChI is InChI=1S/C8H7Cl2N3/c9-6-1-3-7(4-2-6)13-5-8(10)11-12-13/h1-5,11-12H. The van der Waals surface area contributed by atoms with Gasteiger partial charge in [0.1, 0.15) is 5.16 Å². The van der Waals surface area contributed by atoms with Crippen molar-refractivity contribution in [2.45, 2.75) is 0 Å². The summed E-state index contributed by atoms with van der Waals surface area (Å²) in [5.41, 5.74) is 6.58. The second-order valence-electron chi connectivity index (χ2n) is 2.56. The van der Waals surface area contributed by atoms with E-state index < -0.39 is 0 Å². The van der Waals surface area contributed by atoms with E-state index >= 15 is 0 Å². The summed E-state index contributed by atoms with van der Waals surface area (Å²) in [6.45, 7) is 0. The summed E-state index contributed by atoms with van der Waals surface area (Å²) in [5.74, 6) is 0. The Morgan fingerprint density at radius 2 is 1.77 bits per heavy atom. The van der Waals surface area contributed by atoms with Gasteiger partial charge in [-0.25, -0.2) is 0 Å². The predicted octanol–water partition coefficient (Wildman–Crippen LogP) is 2.21. The number of hydrogen-bond acceptors (Lipinski definition) is 3. The molecule has 0 bridgehead atoms. The SMILES string of the molecule is ClC1=CN(c2ccc(Cl)cc2)NN1. The van der Waals surface area contributed by atoms with Crippen LogP contribution in [-0.4, -0.2) is 0 Å². The van der Waals surface area contributed by atoms with Gasteiger partial charge >= 0.3 is 0 Å². The van der Waals surface area contributed by atoms with Gasteiger partial charge in [-0.1, -0.05) is 23.2 Å². The molecule has 0 aliphatic carbocycles. The molecule has 0 amide bonds. The molecule has 2 rings (SSSR count). The Hall–Kier alpha value is -0.900. The van der Waals surface area contributed by atoms with Crippen LogP contribution in [-0.2, 0) is 0 Å². The topological polar surface area (TPSA) is 27.3 Å². The Morgan fingerprint density at radius 3 is 2.31 bits per heavy atom. The molecule has 1 aliphatic heterocycles. The number of rotatable bonds is 1. The summed E-state index contributed by atoms with van der Waals surface area (Å²) in [7, 11) is 0. The molecule has 0 atom stereocenters. The zero-order valence-corrected chi connectivity index (χ0v) is 8.10. The fourth-order valence-corrected chi connectivity index (χ4v) is 1.30. The lowest BCUT2D eigenvalue weighted by Crippen LogP contribution is -2.35. The first-order valence-electron chi connectivity index (χ1n) is 3.69. The molecule has 13 heavy (non-hydrogen) atoms. The average molecular weight is 216 g/mol. The molecule has 1 heterocycles. The molecule has 2 N–H and O–H groups in total. The van der Waals surface area contributed by atoms with Crippen LogP contribution in [0.3, 0.4) is 0 Å². The molecule has 0 saturated carbocycles. The van der Waals surface area contributed by atoms with Gasteiger partial charge in [-0.3, -0.25) is 10.4 Å². The van der Waals surface area contributed by atoms with Gasteiger partial charge in [-0.15, -0.1) is 5.53 Å². The number of hydrazine groups is 2. The quantitative estimate of drug-likeness (QED) is 0.704. The predicted molar refractivity (Wildman–Crippen MR) is 54.1 cm³/mol. The van der Waals surface area contributed by atoms with Crippen LogP contribution in [0.4, 0.5) is 5.69 Å². The molecule has 0 fully saturated rings. The average Bonchev–Trinajstić information content (AvgIpc) is 2.53. The Balaban J connectivity index is 2.22. The summed E-state index contributed by atoms with van der Waals surface area (Å²) in [4.78, 5) is 0. The number of nitrogens with zero attached hydrogens (tertiary/aromatic N) is 1. The van der Waals surface area contributed by atoms with Gasteiger partial charge in [0, 0.05) is 5.02 Å². The van der Waals surface area contributed by atoms with Crippen LogP contribution in [0.2, 0.25) is 5.02 Å². The van der Waals surface area contributed by atoms with Crippen LogP contribution >= 0.6 is 23.2 Å². The van der Waals surface area contributed by atoms with Gasteiger partial charge in [0.25, 0.3) is 0 Å². The van der Waals surface area contributed by atoms with E-state index in [0.717, 1.165) is 5.69 Å². The lowest BCUT2D eigenvalue weighted by atomic mass is 10.3. The van der Waals surface area contributed by atoms with Gasteiger partial charge in [-0.2, -0.15) is 0 Å². The first-order valence-corrected chi connectivity index (χ1v) is 4.45. The summed E-state index contributed by atoms with van der Waals surface area (Å²) < 4.78 is 0. The van der Waals surface area contributed by atoms with Crippen molar-refractivity contribution in [2.24, 2.45) is 0 Å². The molecule has 0 unspecified atom stereocenters. The van der Waals surface area contributed by atoms with E-state index in [9.17, 15) is 0 Å². The molecule has 1 aromatic rings. The van der Waals surface area contributed by atoms with Crippen LogP contribution in [0.15, 0.2) is 35.6 Å². The second kappa shape index (κ2) is 3.46. The van der Waals surface area contributed by atoms with E-state index in [-0.39, 0.29) is 0 Å². The number of anilines is 1. The molecule has 1 aliphatic rings. The summed E-state index contributed by atoms with van der Waals surface area (Å²) in [6, 6.07) is 7.42. The minimum atomic E-state index is 0.551. The van der Waals surface area contributed by atoms with Crippen molar-refractivity contribution >= 4 is 28.9 Å². The molecule has 1 aromatic carbocycles. The van der Waals surface area contributed by atoms with E-state index in [2.05, 4.69) is 11.0 Å². The molecule has 0 spiro atoms. The van der Waals surface area contributed by atoms with Gasteiger partial charge in [-0.05, 0) is 24.3 Å². The molecule has 0 saturated heterocycles. The summed E-state index contributed by atoms with van der Waals surface area (Å²) >= 11 is 11.5. The largest absolute Gasteiger partial charge is 0.292 e. The lowest BCUT2D eigenvalue weighted by molar-refractivity contribution is 0.674. The van der Waals surface area contributed by atoms with E-state index in [0.29, 0.717) is 10.2 Å². The molecule has 0 aromatic heterocycles. The van der Waals surface area contributed by atoms with Crippen LogP contribution in [0.25, 0.3) is 0 Å². The zero-order chi connectivity index (χ0) is 9.26. The highest BCUT2D eigenvalue weighted by atomic mass is 35.5.